The van der Waals surface area contributed by atoms with Crippen molar-refractivity contribution in [3.63, 3.8) is 0 Å². The van der Waals surface area contributed by atoms with Crippen LogP contribution in [-0.4, -0.2) is 193 Å². The number of nitrogens with two attached hydrogens (primary N) is 4. The molecule has 0 saturated carbocycles. The molecule has 0 unspecified atom stereocenters. The fraction of sp³-hybridized carbons (Fsp3) is 0.620. The molecule has 1 saturated heterocycles. The molecule has 81 heavy (non-hydrogen) atoms. The molecule has 1 aromatic carbocycles. The Balaban J connectivity index is 2.36. The largest absolute Gasteiger partial charge is 0.508 e. The molecule has 0 aliphatic carbocycles. The van der Waals surface area contributed by atoms with Crippen molar-refractivity contribution < 1.29 is 88.2 Å². The van der Waals surface area contributed by atoms with Crippen molar-refractivity contribution in [3.05, 3.63) is 29.8 Å². The third-order valence-corrected chi connectivity index (χ3v) is 13.1. The van der Waals surface area contributed by atoms with Crippen LogP contribution in [0.1, 0.15) is 110 Å². The van der Waals surface area contributed by atoms with Gasteiger partial charge in [0.1, 0.15) is 54.1 Å². The third kappa shape index (κ3) is 24.4. The third-order valence-electron chi connectivity index (χ3n) is 13.1. The summed E-state index contributed by atoms with van der Waals surface area (Å²) in [5, 5.41) is 75.2. The fourth-order valence-corrected chi connectivity index (χ4v) is 8.37. The maximum Gasteiger partial charge on any atom is 0.326 e. The number of phenolic OH excluding ortho intramolecular Hbond substituents is 1. The summed E-state index contributed by atoms with van der Waals surface area (Å²) in [5.74, 6) is -15.3. The number of likely N-dealkylation sites (tertiary alicyclic amines) is 1. The zero-order chi connectivity index (χ0) is 61.1. The van der Waals surface area contributed by atoms with Crippen LogP contribution in [0.15, 0.2) is 29.3 Å². The highest BCUT2D eigenvalue weighted by atomic mass is 16.4. The van der Waals surface area contributed by atoms with E-state index in [1.807, 2.05) is 0 Å². The van der Waals surface area contributed by atoms with Crippen molar-refractivity contribution in [1.29, 1.82) is 0 Å². The number of carboxylic acids is 4. The fourth-order valence-electron chi connectivity index (χ4n) is 8.37. The number of amides is 8. The molecule has 2 rings (SSSR count). The molecule has 1 aliphatic rings. The molecular weight excluding hydrogens is 1070 g/mol. The van der Waals surface area contributed by atoms with Gasteiger partial charge in [0.05, 0.1) is 18.6 Å². The highest BCUT2D eigenvalue weighted by Crippen LogP contribution is 2.23. The Bertz CT molecular complexity index is 2390. The minimum absolute atomic E-state index is 0.00794. The number of phenols is 1. The lowest BCUT2D eigenvalue weighted by Gasteiger charge is -2.33. The summed E-state index contributed by atoms with van der Waals surface area (Å²) in [4.78, 5) is 163. The number of carbonyl (C=O) groups excluding carboxylic acids is 8. The number of nitrogens with zero attached hydrogens (tertiary/aromatic N) is 2. The van der Waals surface area contributed by atoms with Crippen molar-refractivity contribution in [1.82, 2.24) is 42.1 Å². The number of carbonyl (C=O) groups is 12. The van der Waals surface area contributed by atoms with Gasteiger partial charge < -0.3 is 95.7 Å². The van der Waals surface area contributed by atoms with Crippen LogP contribution < -0.4 is 60.2 Å². The molecule has 1 aliphatic heterocycles. The molecule has 0 aromatic heterocycles. The zero-order valence-corrected chi connectivity index (χ0v) is 45.5. The zero-order valence-electron chi connectivity index (χ0n) is 45.5. The first-order valence-corrected chi connectivity index (χ1v) is 26.4. The number of hydrogen-bond acceptors (Lipinski definition) is 17. The van der Waals surface area contributed by atoms with Crippen molar-refractivity contribution in [2.24, 2.45) is 33.8 Å². The number of carboxylic acid groups (broad SMARTS) is 4. The summed E-state index contributed by atoms with van der Waals surface area (Å²) in [6, 6.07) is -8.94. The lowest BCUT2D eigenvalue weighted by Crippen LogP contribution is -2.62. The van der Waals surface area contributed by atoms with Gasteiger partial charge in [0.25, 0.3) is 0 Å². The molecule has 0 spiro atoms. The van der Waals surface area contributed by atoms with Gasteiger partial charge in [0.2, 0.25) is 47.3 Å². The minimum atomic E-state index is -2.12. The molecule has 1 heterocycles. The molecule has 1 fully saturated rings. The second-order valence-corrected chi connectivity index (χ2v) is 19.6. The highest BCUT2D eigenvalue weighted by Gasteiger charge is 2.42. The van der Waals surface area contributed by atoms with Crippen LogP contribution in [0.4, 0.5) is 0 Å². The number of aliphatic carboxylic acids is 4. The Hall–Kier alpha value is -8.19. The molecule has 21 N–H and O–H groups in total. The number of aliphatic hydroxyl groups is 1. The van der Waals surface area contributed by atoms with Gasteiger partial charge in [-0.3, -0.25) is 57.7 Å². The van der Waals surface area contributed by atoms with Gasteiger partial charge in [-0.15, -0.1) is 0 Å². The first-order valence-electron chi connectivity index (χ1n) is 26.4. The normalized spacial score (nSPS) is 16.6. The van der Waals surface area contributed by atoms with Crippen LogP contribution in [0.3, 0.4) is 0 Å². The van der Waals surface area contributed by atoms with Gasteiger partial charge in [0.15, 0.2) is 5.96 Å². The standard InChI is InChI=1S/C50H79N13O18/c1-4-25(2)39(61-44(75)30(10-5-6-20-51)56-41(72)29(52)9-7-21-55-50(53)54)48(79)63-22-8-11-35(63)46(77)62-40(26(3)64)47(78)58-32(17-19-37(68)69)42(73)59-33(24-38(70)71)45(76)57-31(16-18-36(66)67)43(74)60-34(49(80)81)23-27-12-14-28(65)15-13-27/h12-15,25-26,29-35,39-40,64-65H,4-11,16-24,51-52H2,1-3H3,(H,56,72)(H,57,76)(H,58,78)(H,59,73)(H,60,74)(H,61,75)(H,62,77)(H,66,67)(H,68,69)(H,70,71)(H,80,81)(H4,53,54,55)/t25-,26+,29-,30-,31-,32-,33-,34-,35-,39-,40-/m0/s1. The van der Waals surface area contributed by atoms with E-state index >= 15 is 0 Å². The van der Waals surface area contributed by atoms with Gasteiger partial charge in [0, 0.05) is 32.4 Å². The summed E-state index contributed by atoms with van der Waals surface area (Å²) in [6.45, 7) is 5.04. The molecule has 31 nitrogen and oxygen atoms in total. The number of nitrogens with one attached hydrogen (secondary N) is 7. The highest BCUT2D eigenvalue weighted by molar-refractivity contribution is 5.99. The van der Waals surface area contributed by atoms with E-state index in [9.17, 15) is 88.2 Å². The van der Waals surface area contributed by atoms with Crippen molar-refractivity contribution in [2.45, 2.75) is 171 Å². The Morgan fingerprint density at radius 2 is 1.16 bits per heavy atom. The van der Waals surface area contributed by atoms with Crippen LogP contribution in [0.2, 0.25) is 0 Å². The summed E-state index contributed by atoms with van der Waals surface area (Å²) in [5.41, 5.74) is 22.8. The van der Waals surface area contributed by atoms with Crippen molar-refractivity contribution in [2.75, 3.05) is 19.6 Å². The van der Waals surface area contributed by atoms with Crippen LogP contribution in [0, 0.1) is 5.92 Å². The first kappa shape index (κ1) is 68.9. The number of guanidine groups is 1. The van der Waals surface area contributed by atoms with E-state index in [1.54, 1.807) is 13.8 Å². The molecule has 0 radical (unpaired) electrons. The van der Waals surface area contributed by atoms with Gasteiger partial charge >= 0.3 is 23.9 Å². The topological polar surface area (TPSA) is 530 Å². The number of aromatic hydroxyl groups is 1. The number of aliphatic imine (C=N–C) groups is 1. The average molecular weight is 1150 g/mol. The Morgan fingerprint density at radius 3 is 1.68 bits per heavy atom. The molecule has 1 aromatic rings. The van der Waals surface area contributed by atoms with E-state index < -0.39 is 170 Å². The van der Waals surface area contributed by atoms with Gasteiger partial charge in [-0.1, -0.05) is 32.4 Å². The predicted octanol–water partition coefficient (Wildman–Crippen LogP) is -4.46. The Morgan fingerprint density at radius 1 is 0.642 bits per heavy atom. The van der Waals surface area contributed by atoms with Crippen molar-refractivity contribution in [3.8, 4) is 5.75 Å². The predicted molar refractivity (Wildman–Crippen MR) is 286 cm³/mol. The number of aliphatic hydroxyl groups excluding tert-OH is 1. The van der Waals surface area contributed by atoms with Gasteiger partial charge in [-0.05, 0) is 94.9 Å². The van der Waals surface area contributed by atoms with E-state index in [4.69, 9.17) is 22.9 Å². The number of unbranched alkanes of at least 4 members (excludes halogenated alkanes) is 1. The van der Waals surface area contributed by atoms with Gasteiger partial charge in [-0.2, -0.15) is 0 Å². The monoisotopic (exact) mass is 1150 g/mol. The van der Waals surface area contributed by atoms with Crippen LogP contribution >= 0.6 is 0 Å². The molecule has 31 heteroatoms. The number of rotatable bonds is 37. The Labute approximate surface area is 466 Å². The van der Waals surface area contributed by atoms with E-state index in [-0.39, 0.29) is 56.9 Å². The average Bonchev–Trinajstić information content (AvgIpc) is 3.90. The van der Waals surface area contributed by atoms with E-state index in [0.29, 0.717) is 37.8 Å². The van der Waals surface area contributed by atoms with E-state index in [2.05, 4.69) is 42.2 Å². The summed E-state index contributed by atoms with van der Waals surface area (Å²) >= 11 is 0. The van der Waals surface area contributed by atoms with Crippen molar-refractivity contribution >= 4 is 77.1 Å². The van der Waals surface area contributed by atoms with E-state index in [1.165, 1.54) is 29.2 Å². The molecule has 11 atom stereocenters. The lowest BCUT2D eigenvalue weighted by molar-refractivity contribution is -0.144. The Kier molecular flexibility index (Phi) is 29.6. The second-order valence-electron chi connectivity index (χ2n) is 19.6. The van der Waals surface area contributed by atoms with Crippen LogP contribution in [0.25, 0.3) is 0 Å². The summed E-state index contributed by atoms with van der Waals surface area (Å²) in [7, 11) is 0. The van der Waals surface area contributed by atoms with E-state index in [0.717, 1.165) is 6.92 Å². The maximum absolute atomic E-state index is 14.4. The quantitative estimate of drug-likeness (QED) is 0.0170. The maximum atomic E-state index is 14.4. The van der Waals surface area contributed by atoms with Crippen LogP contribution in [0.5, 0.6) is 5.75 Å². The minimum Gasteiger partial charge on any atom is -0.508 e. The summed E-state index contributed by atoms with van der Waals surface area (Å²) in [6.07, 6.45) is -4.03. The molecule has 0 bridgehead atoms. The smallest absolute Gasteiger partial charge is 0.326 e. The number of benzene rings is 1. The van der Waals surface area contributed by atoms with Gasteiger partial charge in [-0.25, -0.2) is 4.79 Å². The second kappa shape index (κ2) is 34.7. The lowest BCUT2D eigenvalue weighted by atomic mass is 9.96. The van der Waals surface area contributed by atoms with Crippen LogP contribution in [-0.2, 0) is 64.0 Å². The molecule has 452 valence electrons. The first-order chi connectivity index (χ1) is 38.1. The molecule has 8 amide bonds. The molecular formula is C50H79N13O18. The number of hydrogen-bond donors (Lipinski definition) is 17. The summed E-state index contributed by atoms with van der Waals surface area (Å²) < 4.78 is 0. The SMILES string of the molecule is CC[C@H](C)[C@H](NC(=O)[C@H](CCCCN)NC(=O)[C@@H](N)CCCN=C(N)N)C(=O)N1CCC[C@H]1C(=O)N[C@H](C(=O)N[C@@H](CCC(=O)O)C(=O)N[C@@H](CC(=O)O)C(=O)N[C@@H](CCC(=O)O)C(=O)N[C@@H](Cc1ccc(O)cc1)C(=O)O)[C@@H](C)O.